The number of rotatable bonds is 10. The van der Waals surface area contributed by atoms with Crippen molar-refractivity contribution in [1.29, 1.82) is 0 Å². The van der Waals surface area contributed by atoms with Crippen LogP contribution in [0.5, 0.6) is 5.75 Å². The van der Waals surface area contributed by atoms with E-state index in [-0.39, 0.29) is 23.8 Å². The lowest BCUT2D eigenvalue weighted by Crippen LogP contribution is -2.39. The third-order valence-corrected chi connectivity index (χ3v) is 8.59. The predicted molar refractivity (Wildman–Crippen MR) is 154 cm³/mol. The van der Waals surface area contributed by atoms with E-state index in [4.69, 9.17) is 16.3 Å². The smallest absolute Gasteiger partial charge is 0.264 e. The monoisotopic (exact) mass is 562 g/mol. The molecule has 1 aliphatic heterocycles. The zero-order chi connectivity index (χ0) is 25.5. The average Bonchev–Trinajstić information content (AvgIpc) is 2.86. The fourth-order valence-electron chi connectivity index (χ4n) is 5.02. The summed E-state index contributed by atoms with van der Waals surface area (Å²) in [5.74, 6) is 2.19. The quantitative estimate of drug-likeness (QED) is 0.252. The van der Waals surface area contributed by atoms with E-state index in [1.54, 1.807) is 36.4 Å². The van der Waals surface area contributed by atoms with E-state index in [0.717, 1.165) is 43.5 Å². The molecule has 0 aromatic heterocycles. The number of sulfonamides is 1. The molecule has 0 aliphatic carbocycles. The lowest BCUT2D eigenvalue weighted by Gasteiger charge is -2.34. The second kappa shape index (κ2) is 13.5. The first-order valence-corrected chi connectivity index (χ1v) is 14.4. The van der Waals surface area contributed by atoms with Crippen LogP contribution in [0, 0.1) is 11.8 Å². The van der Waals surface area contributed by atoms with Crippen molar-refractivity contribution in [2.24, 2.45) is 11.8 Å². The van der Waals surface area contributed by atoms with Crippen molar-refractivity contribution in [3.8, 4) is 5.75 Å². The highest BCUT2D eigenvalue weighted by atomic mass is 35.5. The van der Waals surface area contributed by atoms with Crippen molar-refractivity contribution in [3.63, 3.8) is 0 Å². The number of anilines is 1. The molecule has 0 amide bonds. The molecule has 1 fully saturated rings. The zero-order valence-corrected chi connectivity index (χ0v) is 23.8. The normalized spacial score (nSPS) is 18.1. The fourth-order valence-corrected chi connectivity index (χ4v) is 6.59. The van der Waals surface area contributed by atoms with Gasteiger partial charge >= 0.3 is 0 Å². The predicted octanol–water partition coefficient (Wildman–Crippen LogP) is 6.90. The molecule has 4 rings (SSSR count). The molecule has 5 nitrogen and oxygen atoms in total. The van der Waals surface area contributed by atoms with Gasteiger partial charge in [-0.1, -0.05) is 61.8 Å². The number of piperidine rings is 1. The van der Waals surface area contributed by atoms with E-state index in [1.165, 1.54) is 10.7 Å². The Morgan fingerprint density at radius 2 is 1.54 bits per heavy atom. The number of hydrogen-bond donors (Lipinski definition) is 0. The number of para-hydroxylation sites is 2. The van der Waals surface area contributed by atoms with Crippen LogP contribution in [-0.4, -0.2) is 39.6 Å². The van der Waals surface area contributed by atoms with Gasteiger partial charge in [-0.25, -0.2) is 8.42 Å². The van der Waals surface area contributed by atoms with Gasteiger partial charge in [-0.05, 0) is 67.1 Å². The van der Waals surface area contributed by atoms with Gasteiger partial charge in [0.15, 0.2) is 0 Å². The van der Waals surface area contributed by atoms with E-state index in [9.17, 15) is 8.42 Å². The van der Waals surface area contributed by atoms with Crippen LogP contribution in [0.1, 0.15) is 32.3 Å². The number of likely N-dealkylation sites (tertiary alicyclic amines) is 1. The van der Waals surface area contributed by atoms with Crippen molar-refractivity contribution in [2.75, 3.05) is 30.5 Å². The Labute approximate surface area is 232 Å². The maximum Gasteiger partial charge on any atom is 0.264 e. The van der Waals surface area contributed by atoms with Gasteiger partial charge in [0.05, 0.1) is 23.7 Å². The van der Waals surface area contributed by atoms with Crippen LogP contribution in [0.2, 0.25) is 5.02 Å². The van der Waals surface area contributed by atoms with Gasteiger partial charge in [0, 0.05) is 30.2 Å². The van der Waals surface area contributed by atoms with Crippen LogP contribution in [0.25, 0.3) is 0 Å². The molecule has 8 heteroatoms. The van der Waals surface area contributed by atoms with Gasteiger partial charge in [-0.2, -0.15) is 0 Å². The second-order valence-corrected chi connectivity index (χ2v) is 12.1. The molecule has 0 spiro atoms. The molecule has 0 saturated carbocycles. The number of ether oxygens (including phenoxy) is 1. The van der Waals surface area contributed by atoms with E-state index in [1.807, 2.05) is 42.5 Å². The third kappa shape index (κ3) is 7.87. The lowest BCUT2D eigenvalue weighted by atomic mass is 9.92. The molecule has 2 unspecified atom stereocenters. The first-order valence-electron chi connectivity index (χ1n) is 12.6. The number of halogens is 2. The van der Waals surface area contributed by atoms with Gasteiger partial charge < -0.3 is 9.64 Å². The molecule has 200 valence electrons. The van der Waals surface area contributed by atoms with Crippen LogP contribution in [0.4, 0.5) is 5.69 Å². The largest absolute Gasteiger partial charge is 0.493 e. The molecule has 37 heavy (non-hydrogen) atoms. The molecule has 1 aliphatic rings. The third-order valence-electron chi connectivity index (χ3n) is 6.55. The molecule has 3 aromatic carbocycles. The Kier molecular flexibility index (Phi) is 10.7. The summed E-state index contributed by atoms with van der Waals surface area (Å²) < 4.78 is 35.0. The minimum absolute atomic E-state index is 0. The Morgan fingerprint density at radius 1 is 0.919 bits per heavy atom. The number of benzene rings is 3. The second-order valence-electron chi connectivity index (χ2n) is 9.82. The molecular formula is C29H36Cl2N2O3S. The van der Waals surface area contributed by atoms with E-state index in [0.29, 0.717) is 23.1 Å². The summed E-state index contributed by atoms with van der Waals surface area (Å²) in [5, 5.41) is 0.493. The van der Waals surface area contributed by atoms with Crippen LogP contribution in [0.15, 0.2) is 83.8 Å². The maximum atomic E-state index is 13.7. The van der Waals surface area contributed by atoms with Crippen molar-refractivity contribution < 1.29 is 13.2 Å². The molecule has 1 heterocycles. The summed E-state index contributed by atoms with van der Waals surface area (Å²) in [5.41, 5.74) is 1.41. The Balaban J connectivity index is 0.00000380. The topological polar surface area (TPSA) is 49.9 Å². The Morgan fingerprint density at radius 3 is 2.22 bits per heavy atom. The van der Waals surface area contributed by atoms with Crippen LogP contribution < -0.4 is 9.04 Å². The number of hydrogen-bond acceptors (Lipinski definition) is 4. The molecule has 0 radical (unpaired) electrons. The van der Waals surface area contributed by atoms with Gasteiger partial charge in [-0.15, -0.1) is 12.4 Å². The standard InChI is InChI=1S/C29H35ClN2O3S.ClH/c1-23-19-24(2)21-31(20-23)17-8-18-35-29-12-7-6-9-25(29)22-32(27-10-4-3-5-11-27)36(33,34)28-15-13-26(30)14-16-28;/h3-7,9-16,23-24H,8,17-22H2,1-2H3;1H. The summed E-state index contributed by atoms with van der Waals surface area (Å²) in [6.45, 7) is 8.71. The highest BCUT2D eigenvalue weighted by Gasteiger charge is 2.26. The molecule has 0 N–H and O–H groups in total. The minimum Gasteiger partial charge on any atom is -0.493 e. The average molecular weight is 564 g/mol. The zero-order valence-electron chi connectivity index (χ0n) is 21.4. The summed E-state index contributed by atoms with van der Waals surface area (Å²) >= 11 is 6.01. The van der Waals surface area contributed by atoms with Crippen LogP contribution in [0.3, 0.4) is 0 Å². The van der Waals surface area contributed by atoms with E-state index >= 15 is 0 Å². The van der Waals surface area contributed by atoms with Crippen molar-refractivity contribution in [2.45, 2.75) is 38.1 Å². The first kappa shape index (κ1) is 29.3. The minimum atomic E-state index is -3.82. The molecular weight excluding hydrogens is 527 g/mol. The highest BCUT2D eigenvalue weighted by molar-refractivity contribution is 7.92. The van der Waals surface area contributed by atoms with Gasteiger partial charge in [-0.3, -0.25) is 4.31 Å². The van der Waals surface area contributed by atoms with Crippen LogP contribution >= 0.6 is 24.0 Å². The van der Waals surface area contributed by atoms with Gasteiger partial charge in [0.25, 0.3) is 10.0 Å². The highest BCUT2D eigenvalue weighted by Crippen LogP contribution is 2.29. The molecule has 3 aromatic rings. The van der Waals surface area contributed by atoms with Crippen molar-refractivity contribution in [3.05, 3.63) is 89.4 Å². The summed E-state index contributed by atoms with van der Waals surface area (Å²) in [6.07, 6.45) is 2.23. The van der Waals surface area contributed by atoms with E-state index < -0.39 is 10.0 Å². The Hall–Kier alpha value is -2.25. The molecule has 2 atom stereocenters. The van der Waals surface area contributed by atoms with Crippen LogP contribution in [-0.2, 0) is 16.6 Å². The summed E-state index contributed by atoms with van der Waals surface area (Å²) in [7, 11) is -3.82. The van der Waals surface area contributed by atoms with Gasteiger partial charge in [0.1, 0.15) is 5.75 Å². The Bertz CT molecular complexity index is 1210. The maximum absolute atomic E-state index is 13.7. The molecule has 0 bridgehead atoms. The lowest BCUT2D eigenvalue weighted by molar-refractivity contribution is 0.132. The van der Waals surface area contributed by atoms with Crippen molar-refractivity contribution >= 4 is 39.7 Å². The first-order chi connectivity index (χ1) is 17.3. The fraction of sp³-hybridized carbons (Fsp3) is 0.379. The molecule has 1 saturated heterocycles. The summed E-state index contributed by atoms with van der Waals surface area (Å²) in [6, 6.07) is 23.1. The van der Waals surface area contributed by atoms with Crippen molar-refractivity contribution in [1.82, 2.24) is 4.90 Å². The van der Waals surface area contributed by atoms with Gasteiger partial charge in [0.2, 0.25) is 0 Å². The number of nitrogens with zero attached hydrogens (tertiary/aromatic N) is 2. The summed E-state index contributed by atoms with van der Waals surface area (Å²) in [4.78, 5) is 2.73. The SMILES string of the molecule is CC1CC(C)CN(CCCOc2ccccc2CN(c2ccccc2)S(=O)(=O)c2ccc(Cl)cc2)C1.Cl. The van der Waals surface area contributed by atoms with E-state index in [2.05, 4.69) is 18.7 Å².